The van der Waals surface area contributed by atoms with Gasteiger partial charge in [-0.1, -0.05) is 23.7 Å². The highest BCUT2D eigenvalue weighted by Gasteiger charge is 2.34. The summed E-state index contributed by atoms with van der Waals surface area (Å²) >= 11 is 7.62. The van der Waals surface area contributed by atoms with Crippen LogP contribution in [0.2, 0.25) is 5.02 Å². The minimum atomic E-state index is -4.50. The molecule has 0 saturated carbocycles. The molecule has 0 unspecified atom stereocenters. The molecule has 2 fully saturated rings. The summed E-state index contributed by atoms with van der Waals surface area (Å²) in [4.78, 5) is 5.96. The Morgan fingerprint density at radius 2 is 2.03 bits per heavy atom. The number of sulfone groups is 1. The van der Waals surface area contributed by atoms with Crippen LogP contribution >= 0.6 is 23.4 Å². The second-order valence-corrected chi connectivity index (χ2v) is 14.0. The maximum Gasteiger partial charge on any atom is 0.416 e. The highest BCUT2D eigenvalue weighted by Crippen LogP contribution is 2.35. The number of hydrogen-bond acceptors (Lipinski definition) is 6. The normalized spacial score (nSPS) is 20.5. The minimum Gasteiger partial charge on any atom is -0.298 e. The number of alkyl halides is 3. The molecule has 0 N–H and O–H groups in total. The number of thioether (sulfide) groups is 1. The maximum atomic E-state index is 13.5. The molecule has 1 aromatic heterocycles. The third-order valence-electron chi connectivity index (χ3n) is 7.22. The van der Waals surface area contributed by atoms with Gasteiger partial charge in [-0.3, -0.25) is 14.5 Å². The molecule has 0 bridgehead atoms. The first-order chi connectivity index (χ1) is 18.4. The summed E-state index contributed by atoms with van der Waals surface area (Å²) < 4.78 is 65.3. The molecular formula is C27H30ClF3N4O2S2. The number of rotatable bonds is 8. The van der Waals surface area contributed by atoms with Crippen molar-refractivity contribution in [1.29, 1.82) is 0 Å². The zero-order valence-electron chi connectivity index (χ0n) is 21.5. The Morgan fingerprint density at radius 1 is 1.21 bits per heavy atom. The van der Waals surface area contributed by atoms with Crippen LogP contribution in [0.1, 0.15) is 29.5 Å². The Balaban J connectivity index is 1.24. The lowest BCUT2D eigenvalue weighted by molar-refractivity contribution is -0.138. The molecular weight excluding hydrogens is 569 g/mol. The molecule has 5 rings (SSSR count). The van der Waals surface area contributed by atoms with Gasteiger partial charge in [0.1, 0.15) is 9.84 Å². The SMILES string of the molecule is CS(=O)(=O)CCN1CCC[C@H]1CN1CS/C(=C\c2ccc3c(cnn3Cc3ccc(Cl)cc3C(F)(F)F)c2)C1. The first-order valence-electron chi connectivity index (χ1n) is 12.7. The van der Waals surface area contributed by atoms with E-state index >= 15 is 0 Å². The van der Waals surface area contributed by atoms with Crippen molar-refractivity contribution in [2.45, 2.75) is 31.6 Å². The van der Waals surface area contributed by atoms with Crippen LogP contribution in [0.5, 0.6) is 0 Å². The van der Waals surface area contributed by atoms with Gasteiger partial charge in [0.05, 0.1) is 29.6 Å². The summed E-state index contributed by atoms with van der Waals surface area (Å²) in [5, 5.41) is 5.26. The number of halogens is 4. The molecule has 2 aromatic carbocycles. The lowest BCUT2D eigenvalue weighted by atomic mass is 10.1. The minimum absolute atomic E-state index is 0.0108. The van der Waals surface area contributed by atoms with Gasteiger partial charge in [-0.25, -0.2) is 8.42 Å². The Bertz CT molecular complexity index is 1490. The molecule has 12 heteroatoms. The smallest absolute Gasteiger partial charge is 0.298 e. The zero-order chi connectivity index (χ0) is 27.8. The maximum absolute atomic E-state index is 13.5. The molecule has 3 aromatic rings. The standard InChI is InChI=1S/C27H30ClF3N4O2S2/c1-39(36,37)10-9-34-8-2-3-23(34)16-33-17-24(38-18-33)12-19-4-7-26-21(11-19)14-32-35(26)15-20-5-6-22(28)13-25(20)27(29,30)31/h4-7,11-14,23H,2-3,8-10,15-18H2,1H3/b24-12-/t23-/m0/s1. The van der Waals surface area contributed by atoms with Crippen molar-refractivity contribution in [2.75, 3.05) is 44.1 Å². The van der Waals surface area contributed by atoms with Gasteiger partial charge in [0.15, 0.2) is 0 Å². The molecule has 2 aliphatic heterocycles. The molecule has 2 saturated heterocycles. The fourth-order valence-corrected chi connectivity index (χ4v) is 7.06. The number of aromatic nitrogens is 2. The number of likely N-dealkylation sites (tertiary alicyclic amines) is 1. The first-order valence-corrected chi connectivity index (χ1v) is 16.2. The Labute approximate surface area is 235 Å². The summed E-state index contributed by atoms with van der Waals surface area (Å²) in [7, 11) is -2.97. The predicted molar refractivity (Wildman–Crippen MR) is 152 cm³/mol. The molecule has 3 heterocycles. The van der Waals surface area contributed by atoms with Crippen molar-refractivity contribution in [2.24, 2.45) is 0 Å². The second-order valence-electron chi connectivity index (χ2n) is 10.3. The Morgan fingerprint density at radius 3 is 2.79 bits per heavy atom. The summed E-state index contributed by atoms with van der Waals surface area (Å²) in [6.07, 6.45) is 2.81. The predicted octanol–water partition coefficient (Wildman–Crippen LogP) is 5.61. The number of nitrogens with zero attached hydrogens (tertiary/aromatic N) is 4. The van der Waals surface area contributed by atoms with Gasteiger partial charge >= 0.3 is 6.18 Å². The van der Waals surface area contributed by atoms with Crippen LogP contribution in [0.4, 0.5) is 13.2 Å². The van der Waals surface area contributed by atoms with Crippen molar-refractivity contribution < 1.29 is 21.6 Å². The van der Waals surface area contributed by atoms with Gasteiger partial charge in [0.2, 0.25) is 0 Å². The number of fused-ring (bicyclic) bond motifs is 1. The molecule has 0 spiro atoms. The van der Waals surface area contributed by atoms with Crippen LogP contribution in [-0.2, 0) is 22.6 Å². The van der Waals surface area contributed by atoms with Crippen molar-refractivity contribution in [3.8, 4) is 0 Å². The largest absolute Gasteiger partial charge is 0.416 e. The topological polar surface area (TPSA) is 58.4 Å². The van der Waals surface area contributed by atoms with Gasteiger partial charge in [-0.05, 0) is 60.9 Å². The quantitative estimate of drug-likeness (QED) is 0.336. The Kier molecular flexibility index (Phi) is 8.36. The van der Waals surface area contributed by atoms with Crippen molar-refractivity contribution in [1.82, 2.24) is 19.6 Å². The van der Waals surface area contributed by atoms with E-state index in [0.29, 0.717) is 12.6 Å². The Hall–Kier alpha value is -2.05. The second kappa shape index (κ2) is 11.4. The lowest BCUT2D eigenvalue weighted by Crippen LogP contribution is -2.41. The van der Waals surface area contributed by atoms with Gasteiger partial charge < -0.3 is 0 Å². The first kappa shape index (κ1) is 28.5. The van der Waals surface area contributed by atoms with Crippen molar-refractivity contribution in [3.63, 3.8) is 0 Å². The molecule has 1 atom stereocenters. The molecule has 0 radical (unpaired) electrons. The van der Waals surface area contributed by atoms with E-state index in [0.717, 1.165) is 60.9 Å². The number of benzene rings is 2. The highest BCUT2D eigenvalue weighted by molar-refractivity contribution is 8.03. The average Bonchev–Trinajstić information content (AvgIpc) is 3.59. The summed E-state index contributed by atoms with van der Waals surface area (Å²) in [5.74, 6) is 1.09. The van der Waals surface area contributed by atoms with Crippen LogP contribution in [0.3, 0.4) is 0 Å². The van der Waals surface area contributed by atoms with E-state index in [4.69, 9.17) is 11.6 Å². The summed E-state index contributed by atoms with van der Waals surface area (Å²) in [6, 6.07) is 10.1. The molecule has 2 aliphatic rings. The molecule has 0 amide bonds. The summed E-state index contributed by atoms with van der Waals surface area (Å²) in [5.41, 5.74) is 1.14. The lowest BCUT2D eigenvalue weighted by Gasteiger charge is -2.27. The van der Waals surface area contributed by atoms with Gasteiger partial charge in [0, 0.05) is 53.1 Å². The molecule has 6 nitrogen and oxygen atoms in total. The fraction of sp³-hybridized carbons (Fsp3) is 0.444. The van der Waals surface area contributed by atoms with Crippen molar-refractivity contribution >= 4 is 50.2 Å². The third kappa shape index (κ3) is 7.18. The average molecular weight is 599 g/mol. The zero-order valence-corrected chi connectivity index (χ0v) is 23.9. The number of hydrogen-bond donors (Lipinski definition) is 0. The van der Waals surface area contributed by atoms with E-state index in [1.807, 2.05) is 18.2 Å². The van der Waals surface area contributed by atoms with Crippen LogP contribution < -0.4 is 0 Å². The van der Waals surface area contributed by atoms with E-state index in [9.17, 15) is 21.6 Å². The highest BCUT2D eigenvalue weighted by atomic mass is 35.5. The molecule has 39 heavy (non-hydrogen) atoms. The van der Waals surface area contributed by atoms with E-state index in [1.54, 1.807) is 22.6 Å². The van der Waals surface area contributed by atoms with Crippen molar-refractivity contribution in [3.05, 3.63) is 69.2 Å². The van der Waals surface area contributed by atoms with E-state index in [1.165, 1.54) is 23.3 Å². The van der Waals surface area contributed by atoms with Crippen LogP contribution in [0, 0.1) is 0 Å². The van der Waals surface area contributed by atoms with Crippen LogP contribution in [-0.4, -0.2) is 78.1 Å². The molecule has 0 aliphatic carbocycles. The third-order valence-corrected chi connectivity index (χ3v) is 9.49. The van der Waals surface area contributed by atoms with Gasteiger partial charge in [0.25, 0.3) is 0 Å². The van der Waals surface area contributed by atoms with E-state index < -0.39 is 21.6 Å². The van der Waals surface area contributed by atoms with E-state index in [-0.39, 0.29) is 22.9 Å². The van der Waals surface area contributed by atoms with Crippen LogP contribution in [0.25, 0.3) is 17.0 Å². The van der Waals surface area contributed by atoms with Gasteiger partial charge in [-0.2, -0.15) is 18.3 Å². The van der Waals surface area contributed by atoms with E-state index in [2.05, 4.69) is 21.0 Å². The fourth-order valence-electron chi connectivity index (χ4n) is 5.29. The monoisotopic (exact) mass is 598 g/mol. The van der Waals surface area contributed by atoms with Crippen LogP contribution in [0.15, 0.2) is 47.5 Å². The summed E-state index contributed by atoms with van der Waals surface area (Å²) in [6.45, 7) is 3.30. The van der Waals surface area contributed by atoms with Gasteiger partial charge in [-0.15, -0.1) is 11.8 Å². The molecule has 210 valence electrons.